The van der Waals surface area contributed by atoms with Crippen LogP contribution in [0.3, 0.4) is 0 Å². The third kappa shape index (κ3) is 3.29. The normalized spacial score (nSPS) is 23.3. The number of fused-ring (bicyclic) bond motifs is 4. The summed E-state index contributed by atoms with van der Waals surface area (Å²) in [6.07, 6.45) is 7.02. The van der Waals surface area contributed by atoms with Crippen molar-refractivity contribution in [1.82, 2.24) is 14.9 Å². The summed E-state index contributed by atoms with van der Waals surface area (Å²) in [6.45, 7) is 4.65. The van der Waals surface area contributed by atoms with E-state index in [1.54, 1.807) is 0 Å². The highest BCUT2D eigenvalue weighted by Crippen LogP contribution is 2.56. The van der Waals surface area contributed by atoms with Gasteiger partial charge in [-0.2, -0.15) is 5.10 Å². The number of hydrogen-bond donors (Lipinski definition) is 0. The zero-order valence-electron chi connectivity index (χ0n) is 19.4. The quantitative estimate of drug-likeness (QED) is 0.282. The van der Waals surface area contributed by atoms with Gasteiger partial charge in [0.1, 0.15) is 11.6 Å². The van der Waals surface area contributed by atoms with Crippen molar-refractivity contribution in [3.63, 3.8) is 0 Å². The van der Waals surface area contributed by atoms with E-state index in [0.717, 1.165) is 59.3 Å². The van der Waals surface area contributed by atoms with E-state index in [1.807, 2.05) is 18.3 Å². The molecule has 2 aliphatic carbocycles. The first kappa shape index (κ1) is 21.8. The van der Waals surface area contributed by atoms with Crippen LogP contribution in [-0.2, 0) is 18.3 Å². The predicted octanol–water partition coefficient (Wildman–Crippen LogP) is 7.39. The van der Waals surface area contributed by atoms with Gasteiger partial charge in [-0.3, -0.25) is 0 Å². The second-order valence-corrected chi connectivity index (χ2v) is 10.8. The van der Waals surface area contributed by atoms with Crippen LogP contribution in [0.15, 0.2) is 63.7 Å². The van der Waals surface area contributed by atoms with Gasteiger partial charge in [0.15, 0.2) is 0 Å². The monoisotopic (exact) mass is 519 g/mol. The Hall–Kier alpha value is -2.73. The maximum Gasteiger partial charge on any atom is 0.143 e. The fraction of sp³-hybridized carbons (Fsp3) is 0.357. The molecule has 2 heterocycles. The largest absolute Gasteiger partial charge is 0.361 e. The Morgan fingerprint density at radius 1 is 1.15 bits per heavy atom. The molecule has 4 nitrogen and oxygen atoms in total. The van der Waals surface area contributed by atoms with Crippen LogP contribution in [0.1, 0.15) is 61.6 Å². The Morgan fingerprint density at radius 2 is 1.91 bits per heavy atom. The molecular formula is C28H27BrFN3O. The summed E-state index contributed by atoms with van der Waals surface area (Å²) in [7, 11) is 0. The maximum atomic E-state index is 13.7. The fourth-order valence-electron chi connectivity index (χ4n) is 6.47. The van der Waals surface area contributed by atoms with E-state index in [0.29, 0.717) is 11.8 Å². The van der Waals surface area contributed by atoms with Gasteiger partial charge >= 0.3 is 0 Å². The van der Waals surface area contributed by atoms with Gasteiger partial charge in [-0.25, -0.2) is 9.07 Å². The molecule has 0 amide bonds. The van der Waals surface area contributed by atoms with Gasteiger partial charge < -0.3 is 4.52 Å². The van der Waals surface area contributed by atoms with Crippen molar-refractivity contribution in [2.24, 2.45) is 5.92 Å². The smallest absolute Gasteiger partial charge is 0.143 e. The van der Waals surface area contributed by atoms with Crippen LogP contribution in [0.4, 0.5) is 4.39 Å². The van der Waals surface area contributed by atoms with Crippen LogP contribution < -0.4 is 0 Å². The summed E-state index contributed by atoms with van der Waals surface area (Å²) in [4.78, 5) is 0. The first-order valence-corrected chi connectivity index (χ1v) is 12.9. The minimum Gasteiger partial charge on any atom is -0.361 e. The summed E-state index contributed by atoms with van der Waals surface area (Å²) in [5.74, 6) is 1.66. The highest BCUT2D eigenvalue weighted by atomic mass is 79.9. The fourth-order valence-corrected chi connectivity index (χ4v) is 6.73. The predicted molar refractivity (Wildman–Crippen MR) is 134 cm³/mol. The molecule has 2 aromatic carbocycles. The van der Waals surface area contributed by atoms with Crippen LogP contribution >= 0.6 is 15.9 Å². The molecule has 0 spiro atoms. The maximum absolute atomic E-state index is 13.7. The van der Waals surface area contributed by atoms with Crippen molar-refractivity contribution >= 4 is 15.9 Å². The van der Waals surface area contributed by atoms with Crippen molar-refractivity contribution in [2.45, 2.75) is 57.3 Å². The molecule has 174 valence electrons. The van der Waals surface area contributed by atoms with E-state index >= 15 is 0 Å². The lowest BCUT2D eigenvalue weighted by atomic mass is 9.55. The highest BCUT2D eigenvalue weighted by molar-refractivity contribution is 9.10. The zero-order chi connectivity index (χ0) is 23.4. The third-order valence-electron chi connectivity index (χ3n) is 7.89. The minimum atomic E-state index is -0.230. The molecule has 34 heavy (non-hydrogen) atoms. The molecule has 4 aromatic rings. The third-order valence-corrected chi connectivity index (χ3v) is 8.42. The second-order valence-electron chi connectivity index (χ2n) is 9.92. The molecule has 6 rings (SSSR count). The summed E-state index contributed by atoms with van der Waals surface area (Å²) >= 11 is 3.56. The molecular weight excluding hydrogens is 493 g/mol. The Bertz CT molecular complexity index is 1340. The lowest BCUT2D eigenvalue weighted by Gasteiger charge is -2.48. The van der Waals surface area contributed by atoms with Gasteiger partial charge in [0.2, 0.25) is 0 Å². The molecule has 0 saturated heterocycles. The van der Waals surface area contributed by atoms with Gasteiger partial charge in [-0.1, -0.05) is 41.4 Å². The molecule has 6 heteroatoms. The second kappa shape index (κ2) is 8.19. The number of benzene rings is 2. The summed E-state index contributed by atoms with van der Waals surface area (Å²) in [5.41, 5.74) is 6.63. The van der Waals surface area contributed by atoms with E-state index in [-0.39, 0.29) is 11.2 Å². The molecule has 2 aliphatic rings. The van der Waals surface area contributed by atoms with E-state index < -0.39 is 0 Å². The molecule has 0 aliphatic heterocycles. The van der Waals surface area contributed by atoms with E-state index in [9.17, 15) is 4.39 Å². The van der Waals surface area contributed by atoms with Gasteiger partial charge in [0, 0.05) is 32.5 Å². The van der Waals surface area contributed by atoms with E-state index in [4.69, 9.17) is 9.62 Å². The Morgan fingerprint density at radius 3 is 2.65 bits per heavy atom. The zero-order valence-corrected chi connectivity index (χ0v) is 21.0. The van der Waals surface area contributed by atoms with Gasteiger partial charge in [0.05, 0.1) is 23.3 Å². The summed E-state index contributed by atoms with van der Waals surface area (Å²) < 4.78 is 22.7. The van der Waals surface area contributed by atoms with E-state index in [2.05, 4.69) is 63.9 Å². The van der Waals surface area contributed by atoms with Crippen LogP contribution in [0.5, 0.6) is 0 Å². The molecule has 3 atom stereocenters. The van der Waals surface area contributed by atoms with E-state index in [1.165, 1.54) is 29.0 Å². The van der Waals surface area contributed by atoms with Crippen molar-refractivity contribution in [3.05, 3.63) is 87.6 Å². The average Bonchev–Trinajstić information content (AvgIpc) is 3.45. The molecule has 0 N–H and O–H groups in total. The first-order chi connectivity index (χ1) is 16.5. The molecule has 2 aromatic heterocycles. The Labute approximate surface area is 207 Å². The SMILES string of the molecule is CCC[C@H]1c2oncc2C[C@@]2(C)c3c(c(-c4ccc(F)cc4)nn3-c3ccc(Br)cc3)CC[C@H]12. The minimum absolute atomic E-state index is 0.107. The van der Waals surface area contributed by atoms with Crippen molar-refractivity contribution in [2.75, 3.05) is 0 Å². The average molecular weight is 520 g/mol. The number of rotatable bonds is 4. The molecule has 0 unspecified atom stereocenters. The highest BCUT2D eigenvalue weighted by Gasteiger charge is 2.52. The van der Waals surface area contributed by atoms with Crippen LogP contribution in [0.2, 0.25) is 0 Å². The number of aromatic nitrogens is 3. The number of hydrogen-bond acceptors (Lipinski definition) is 3. The van der Waals surface area contributed by atoms with Crippen molar-refractivity contribution in [1.29, 1.82) is 0 Å². The standard InChI is InChI=1S/C28H27BrFN3O/c1-3-4-22-24-14-13-23-25(17-5-9-20(30)10-6-17)32-33(21-11-7-19(29)8-12-21)27(23)28(24,2)15-18-16-31-34-26(18)22/h5-12,16,22,24H,3-4,13-15H2,1-2H3/t22-,24-,28-/m1/s1. The Balaban J connectivity index is 1.59. The Kier molecular flexibility index (Phi) is 5.25. The number of halogens is 2. The number of nitrogens with zero attached hydrogens (tertiary/aromatic N) is 3. The summed E-state index contributed by atoms with van der Waals surface area (Å²) in [5, 5.41) is 9.38. The molecule has 0 bridgehead atoms. The van der Waals surface area contributed by atoms with Crippen LogP contribution in [0.25, 0.3) is 16.9 Å². The van der Waals surface area contributed by atoms with Crippen LogP contribution in [0, 0.1) is 11.7 Å². The van der Waals surface area contributed by atoms with Crippen molar-refractivity contribution < 1.29 is 8.91 Å². The lowest BCUT2D eigenvalue weighted by molar-refractivity contribution is 0.155. The van der Waals surface area contributed by atoms with Crippen molar-refractivity contribution in [3.8, 4) is 16.9 Å². The summed E-state index contributed by atoms with van der Waals surface area (Å²) in [6, 6.07) is 15.1. The lowest BCUT2D eigenvalue weighted by Crippen LogP contribution is -2.46. The van der Waals surface area contributed by atoms with Gasteiger partial charge in [-0.05, 0) is 80.1 Å². The topological polar surface area (TPSA) is 43.9 Å². The van der Waals surface area contributed by atoms with Gasteiger partial charge in [-0.15, -0.1) is 0 Å². The molecule has 0 radical (unpaired) electrons. The van der Waals surface area contributed by atoms with Gasteiger partial charge in [0.25, 0.3) is 0 Å². The first-order valence-electron chi connectivity index (χ1n) is 12.1. The van der Waals surface area contributed by atoms with Crippen LogP contribution in [-0.4, -0.2) is 14.9 Å². The molecule has 0 fully saturated rings. The molecule has 0 saturated carbocycles.